The molecule has 1 unspecified atom stereocenters. The first-order valence-electron chi connectivity index (χ1n) is 6.26. The first-order chi connectivity index (χ1) is 9.33. The van der Waals surface area contributed by atoms with Crippen LogP contribution in [0.15, 0.2) is 4.90 Å². The quantitative estimate of drug-likeness (QED) is 0.739. The molecule has 0 saturated carbocycles. The van der Waals surface area contributed by atoms with Crippen molar-refractivity contribution in [3.05, 3.63) is 10.8 Å². The van der Waals surface area contributed by atoms with Crippen LogP contribution < -0.4 is 0 Å². The Morgan fingerprint density at radius 3 is 2.24 bits per heavy atom. The van der Waals surface area contributed by atoms with Crippen LogP contribution in [0.2, 0.25) is 5.15 Å². The Labute approximate surface area is 133 Å². The largest absolute Gasteiger partial charge is 0.266 e. The molecule has 2 heterocycles. The third-order valence-corrected chi connectivity index (χ3v) is 6.88. The van der Waals surface area contributed by atoms with Crippen molar-refractivity contribution in [1.82, 2.24) is 9.78 Å². The highest BCUT2D eigenvalue weighted by molar-refractivity contribution is 8.13. The molecule has 1 saturated heterocycles. The van der Waals surface area contributed by atoms with Gasteiger partial charge in [-0.3, -0.25) is 0 Å². The van der Waals surface area contributed by atoms with Gasteiger partial charge in [0.25, 0.3) is 9.05 Å². The molecule has 1 atom stereocenters. The third-order valence-electron chi connectivity index (χ3n) is 3.32. The summed E-state index contributed by atoms with van der Waals surface area (Å²) in [6.45, 7) is 5.35. The predicted octanol–water partition coefficient (Wildman–Crippen LogP) is 2.12. The first kappa shape index (κ1) is 17.1. The summed E-state index contributed by atoms with van der Waals surface area (Å²) in [5.74, 6) is -0.0541. The SMILES string of the molecule is CC(C)(C)c1nn(C2CCS(=O)(=O)C2)c(Cl)c1S(=O)(=O)Cl. The van der Waals surface area contributed by atoms with E-state index in [-0.39, 0.29) is 27.2 Å². The molecule has 21 heavy (non-hydrogen) atoms. The number of hydrogen-bond acceptors (Lipinski definition) is 5. The zero-order valence-corrected chi connectivity index (χ0v) is 14.9. The number of hydrogen-bond donors (Lipinski definition) is 0. The lowest BCUT2D eigenvalue weighted by Crippen LogP contribution is -2.17. The summed E-state index contributed by atoms with van der Waals surface area (Å²) >= 11 is 6.14. The molecule has 1 aromatic rings. The fraction of sp³-hybridized carbons (Fsp3) is 0.727. The summed E-state index contributed by atoms with van der Waals surface area (Å²) in [6.07, 6.45) is 0.356. The van der Waals surface area contributed by atoms with E-state index in [1.54, 1.807) is 20.8 Å². The number of halogens is 2. The lowest BCUT2D eigenvalue weighted by molar-refractivity contribution is 0.474. The van der Waals surface area contributed by atoms with Crippen LogP contribution in [0.4, 0.5) is 0 Å². The minimum atomic E-state index is -4.08. The monoisotopic (exact) mass is 374 g/mol. The minimum absolute atomic E-state index is 0.0433. The van der Waals surface area contributed by atoms with Gasteiger partial charge in [-0.1, -0.05) is 32.4 Å². The molecule has 0 amide bonds. The van der Waals surface area contributed by atoms with Crippen LogP contribution in [-0.4, -0.2) is 38.1 Å². The summed E-state index contributed by atoms with van der Waals surface area (Å²) in [7, 11) is -1.75. The maximum Gasteiger partial charge on any atom is 0.266 e. The van der Waals surface area contributed by atoms with Gasteiger partial charge in [0.2, 0.25) is 0 Å². The van der Waals surface area contributed by atoms with Gasteiger partial charge < -0.3 is 0 Å². The van der Waals surface area contributed by atoms with E-state index in [9.17, 15) is 16.8 Å². The molecular weight excluding hydrogens is 359 g/mol. The van der Waals surface area contributed by atoms with Crippen molar-refractivity contribution in [3.8, 4) is 0 Å². The summed E-state index contributed by atoms with van der Waals surface area (Å²) in [5.41, 5.74) is -0.351. The fourth-order valence-electron chi connectivity index (χ4n) is 2.32. The molecule has 0 bridgehead atoms. The fourth-order valence-corrected chi connectivity index (χ4v) is 6.01. The zero-order chi connectivity index (χ0) is 16.2. The van der Waals surface area contributed by atoms with E-state index in [0.29, 0.717) is 6.42 Å². The van der Waals surface area contributed by atoms with E-state index in [2.05, 4.69) is 5.10 Å². The van der Waals surface area contributed by atoms with Crippen LogP contribution in [0.1, 0.15) is 38.9 Å². The molecule has 10 heteroatoms. The number of aromatic nitrogens is 2. The van der Waals surface area contributed by atoms with Crippen molar-refractivity contribution < 1.29 is 16.8 Å². The van der Waals surface area contributed by atoms with Gasteiger partial charge in [0.1, 0.15) is 10.0 Å². The molecule has 1 aliphatic rings. The maximum absolute atomic E-state index is 11.8. The minimum Gasteiger partial charge on any atom is -0.248 e. The van der Waals surface area contributed by atoms with Gasteiger partial charge in [-0.15, -0.1) is 0 Å². The molecule has 120 valence electrons. The Kier molecular flexibility index (Phi) is 4.15. The van der Waals surface area contributed by atoms with Crippen LogP contribution in [0.25, 0.3) is 0 Å². The number of nitrogens with zero attached hydrogens (tertiary/aromatic N) is 2. The molecule has 0 radical (unpaired) electrons. The van der Waals surface area contributed by atoms with Crippen molar-refractivity contribution in [3.63, 3.8) is 0 Å². The van der Waals surface area contributed by atoms with E-state index in [1.165, 1.54) is 4.68 Å². The Bertz CT molecular complexity index is 776. The second-order valence-electron chi connectivity index (χ2n) is 6.16. The van der Waals surface area contributed by atoms with E-state index < -0.39 is 30.3 Å². The summed E-state index contributed by atoms with van der Waals surface area (Å²) < 4.78 is 48.0. The van der Waals surface area contributed by atoms with Crippen molar-refractivity contribution in [2.75, 3.05) is 11.5 Å². The Morgan fingerprint density at radius 1 is 1.33 bits per heavy atom. The molecule has 1 aromatic heterocycles. The summed E-state index contributed by atoms with van der Waals surface area (Å²) in [6, 6.07) is -0.462. The van der Waals surface area contributed by atoms with Gasteiger partial charge in [-0.05, 0) is 6.42 Å². The average Bonchev–Trinajstić information content (AvgIpc) is 2.76. The van der Waals surface area contributed by atoms with Crippen molar-refractivity contribution in [2.45, 2.75) is 43.5 Å². The van der Waals surface area contributed by atoms with Crippen LogP contribution >= 0.6 is 22.3 Å². The molecule has 6 nitrogen and oxygen atoms in total. The smallest absolute Gasteiger partial charge is 0.248 e. The topological polar surface area (TPSA) is 86.1 Å². The number of sulfone groups is 1. The molecule has 1 aliphatic heterocycles. The van der Waals surface area contributed by atoms with E-state index in [1.807, 2.05) is 0 Å². The molecule has 0 N–H and O–H groups in total. The van der Waals surface area contributed by atoms with Gasteiger partial charge >= 0.3 is 0 Å². The highest BCUT2D eigenvalue weighted by Crippen LogP contribution is 2.38. The van der Waals surface area contributed by atoms with Crippen molar-refractivity contribution >= 4 is 41.2 Å². The molecule has 0 spiro atoms. The first-order valence-corrected chi connectivity index (χ1v) is 10.8. The van der Waals surface area contributed by atoms with E-state index in [4.69, 9.17) is 22.3 Å². The third kappa shape index (κ3) is 3.38. The second kappa shape index (κ2) is 5.11. The van der Waals surface area contributed by atoms with Crippen LogP contribution in [-0.2, 0) is 24.3 Å². The normalized spacial score (nSPS) is 22.6. The molecule has 2 rings (SSSR count). The van der Waals surface area contributed by atoms with Gasteiger partial charge in [0.05, 0.1) is 23.2 Å². The lowest BCUT2D eigenvalue weighted by atomic mass is 9.92. The highest BCUT2D eigenvalue weighted by Gasteiger charge is 2.37. The summed E-state index contributed by atoms with van der Waals surface area (Å²) in [4.78, 5) is -0.234. The van der Waals surface area contributed by atoms with Gasteiger partial charge in [0, 0.05) is 16.1 Å². The van der Waals surface area contributed by atoms with Crippen molar-refractivity contribution in [2.24, 2.45) is 0 Å². The molecular formula is C11H16Cl2N2O4S2. The van der Waals surface area contributed by atoms with E-state index in [0.717, 1.165) is 0 Å². The van der Waals surface area contributed by atoms with Crippen LogP contribution in [0, 0.1) is 0 Å². The lowest BCUT2D eigenvalue weighted by Gasteiger charge is -2.16. The predicted molar refractivity (Wildman–Crippen MR) is 81.3 cm³/mol. The van der Waals surface area contributed by atoms with Crippen LogP contribution in [0.3, 0.4) is 0 Å². The van der Waals surface area contributed by atoms with Gasteiger partial charge in [-0.25, -0.2) is 21.5 Å². The van der Waals surface area contributed by atoms with E-state index >= 15 is 0 Å². The Balaban J connectivity index is 2.64. The molecule has 0 aliphatic carbocycles. The number of rotatable bonds is 2. The van der Waals surface area contributed by atoms with Crippen LogP contribution in [0.5, 0.6) is 0 Å². The second-order valence-corrected chi connectivity index (χ2v) is 11.2. The molecule has 0 aromatic carbocycles. The Hall–Kier alpha value is -0.310. The van der Waals surface area contributed by atoms with Gasteiger partial charge in [-0.2, -0.15) is 5.10 Å². The van der Waals surface area contributed by atoms with Crippen molar-refractivity contribution in [1.29, 1.82) is 0 Å². The standard InChI is InChI=1S/C11H16Cl2N2O4S2/c1-11(2,3)9-8(21(13,18)19)10(12)15(14-9)7-4-5-20(16,17)6-7/h7H,4-6H2,1-3H3. The average molecular weight is 375 g/mol. The zero-order valence-electron chi connectivity index (χ0n) is 11.8. The van der Waals surface area contributed by atoms with Gasteiger partial charge in [0.15, 0.2) is 9.84 Å². The molecule has 1 fully saturated rings. The highest BCUT2D eigenvalue weighted by atomic mass is 35.7. The maximum atomic E-state index is 11.8. The summed E-state index contributed by atoms with van der Waals surface area (Å²) in [5, 5.41) is 4.12. The Morgan fingerprint density at radius 2 is 1.90 bits per heavy atom.